The van der Waals surface area contributed by atoms with Crippen LogP contribution in [0.1, 0.15) is 37.2 Å². The van der Waals surface area contributed by atoms with Gasteiger partial charge in [0.25, 0.3) is 0 Å². The molecule has 0 bridgehead atoms. The van der Waals surface area contributed by atoms with Crippen molar-refractivity contribution in [3.05, 3.63) is 47.0 Å². The normalized spacial score (nSPS) is 14.5. The fourth-order valence-electron chi connectivity index (χ4n) is 2.77. The van der Waals surface area contributed by atoms with Crippen molar-refractivity contribution in [1.29, 1.82) is 0 Å². The van der Waals surface area contributed by atoms with Crippen LogP contribution in [-0.2, 0) is 12.3 Å². The van der Waals surface area contributed by atoms with Gasteiger partial charge in [0.05, 0.1) is 5.69 Å². The number of benzene rings is 1. The van der Waals surface area contributed by atoms with E-state index in [4.69, 9.17) is 11.6 Å². The van der Waals surface area contributed by atoms with Gasteiger partial charge in [-0.3, -0.25) is 0 Å². The van der Waals surface area contributed by atoms with Crippen LogP contribution in [0.15, 0.2) is 35.5 Å². The van der Waals surface area contributed by atoms with E-state index in [1.807, 2.05) is 18.2 Å². The monoisotopic (exact) mass is 344 g/mol. The van der Waals surface area contributed by atoms with Crippen LogP contribution in [-0.4, -0.2) is 19.7 Å². The molecule has 0 amide bonds. The molecule has 23 heavy (non-hydrogen) atoms. The number of hydrogen-bond donors (Lipinski definition) is 0. The summed E-state index contributed by atoms with van der Waals surface area (Å²) in [4.78, 5) is 4.51. The van der Waals surface area contributed by atoms with E-state index in [-0.39, 0.29) is 0 Å². The van der Waals surface area contributed by atoms with Crippen LogP contribution >= 0.6 is 23.4 Å². The fraction of sp³-hybridized carbons (Fsp3) is 0.353. The van der Waals surface area contributed by atoms with Crippen LogP contribution < -0.4 is 0 Å². The molecular formula is C17H17ClN4S. The number of fused-ring (bicyclic) bond motifs is 1. The maximum atomic E-state index is 6.30. The standard InChI is InChI=1S/C17H17ClN4S/c1-2-22-16(11-7-8-11)20-21-17(22)23-10-13-9-12-5-3-4-6-14(12)15(18)19-13/h3-6,9,11H,2,7-8,10H2,1H3. The molecule has 1 aliphatic carbocycles. The zero-order chi connectivity index (χ0) is 15.8. The van der Waals surface area contributed by atoms with Gasteiger partial charge in [0.1, 0.15) is 11.0 Å². The van der Waals surface area contributed by atoms with Crippen LogP contribution in [0.2, 0.25) is 5.15 Å². The van der Waals surface area contributed by atoms with E-state index in [2.05, 4.69) is 38.8 Å². The lowest BCUT2D eigenvalue weighted by Gasteiger charge is -2.07. The molecule has 6 heteroatoms. The first-order valence-electron chi connectivity index (χ1n) is 7.86. The summed E-state index contributed by atoms with van der Waals surface area (Å²) >= 11 is 7.98. The van der Waals surface area contributed by atoms with Gasteiger partial charge in [0, 0.05) is 23.6 Å². The Labute approximate surface area is 144 Å². The first-order valence-corrected chi connectivity index (χ1v) is 9.22. The van der Waals surface area contributed by atoms with E-state index in [0.717, 1.165) is 39.7 Å². The van der Waals surface area contributed by atoms with Crippen LogP contribution in [0.25, 0.3) is 10.8 Å². The lowest BCUT2D eigenvalue weighted by Crippen LogP contribution is -2.02. The molecule has 0 saturated heterocycles. The van der Waals surface area contributed by atoms with Crippen molar-refractivity contribution >= 4 is 34.1 Å². The summed E-state index contributed by atoms with van der Waals surface area (Å²) in [6.07, 6.45) is 2.48. The van der Waals surface area contributed by atoms with E-state index in [1.165, 1.54) is 12.8 Å². The SMILES string of the molecule is CCn1c(SCc2cc3ccccc3c(Cl)n2)nnc1C1CC1. The Bertz CT molecular complexity index is 857. The number of hydrogen-bond acceptors (Lipinski definition) is 4. The number of halogens is 1. The Hall–Kier alpha value is -1.59. The minimum absolute atomic E-state index is 0.564. The van der Waals surface area contributed by atoms with Gasteiger partial charge < -0.3 is 4.57 Å². The molecule has 0 aliphatic heterocycles. The largest absolute Gasteiger partial charge is 0.306 e. The van der Waals surface area contributed by atoms with Crippen molar-refractivity contribution in [2.45, 2.75) is 43.1 Å². The number of aromatic nitrogens is 4. The van der Waals surface area contributed by atoms with Gasteiger partial charge in [-0.15, -0.1) is 10.2 Å². The molecule has 118 valence electrons. The molecular weight excluding hydrogens is 328 g/mol. The summed E-state index contributed by atoms with van der Waals surface area (Å²) < 4.78 is 2.23. The molecule has 0 radical (unpaired) electrons. The summed E-state index contributed by atoms with van der Waals surface area (Å²) in [6.45, 7) is 3.05. The summed E-state index contributed by atoms with van der Waals surface area (Å²) in [5.41, 5.74) is 0.970. The third-order valence-corrected chi connectivity index (χ3v) is 5.39. The Balaban J connectivity index is 1.57. The molecule has 1 aliphatic rings. The summed E-state index contributed by atoms with van der Waals surface area (Å²) in [7, 11) is 0. The van der Waals surface area contributed by atoms with Gasteiger partial charge in [-0.05, 0) is 31.2 Å². The average molecular weight is 345 g/mol. The van der Waals surface area contributed by atoms with Crippen molar-refractivity contribution in [3.8, 4) is 0 Å². The van der Waals surface area contributed by atoms with Crippen LogP contribution in [0.5, 0.6) is 0 Å². The quantitative estimate of drug-likeness (QED) is 0.498. The van der Waals surface area contributed by atoms with Crippen molar-refractivity contribution in [1.82, 2.24) is 19.7 Å². The number of thioether (sulfide) groups is 1. The number of nitrogens with zero attached hydrogens (tertiary/aromatic N) is 4. The number of pyridine rings is 1. The van der Waals surface area contributed by atoms with E-state index < -0.39 is 0 Å². The van der Waals surface area contributed by atoms with E-state index in [0.29, 0.717) is 11.1 Å². The minimum Gasteiger partial charge on any atom is -0.306 e. The van der Waals surface area contributed by atoms with Crippen LogP contribution in [0.4, 0.5) is 0 Å². The molecule has 3 aromatic rings. The van der Waals surface area contributed by atoms with Crippen molar-refractivity contribution < 1.29 is 0 Å². The highest BCUT2D eigenvalue weighted by molar-refractivity contribution is 7.98. The highest BCUT2D eigenvalue weighted by Crippen LogP contribution is 2.40. The third-order valence-electron chi connectivity index (χ3n) is 4.10. The lowest BCUT2D eigenvalue weighted by atomic mass is 10.1. The number of rotatable bonds is 5. The summed E-state index contributed by atoms with van der Waals surface area (Å²) in [5, 5.41) is 12.4. The zero-order valence-corrected chi connectivity index (χ0v) is 14.4. The Morgan fingerprint density at radius 3 is 2.87 bits per heavy atom. The minimum atomic E-state index is 0.564. The van der Waals surface area contributed by atoms with E-state index in [1.54, 1.807) is 11.8 Å². The predicted molar refractivity (Wildman–Crippen MR) is 94.0 cm³/mol. The predicted octanol–water partition coefficient (Wildman–Crippen LogP) is 4.67. The van der Waals surface area contributed by atoms with E-state index in [9.17, 15) is 0 Å². The average Bonchev–Trinajstić information content (AvgIpc) is 3.33. The van der Waals surface area contributed by atoms with Gasteiger partial charge in [-0.1, -0.05) is 47.6 Å². The molecule has 4 rings (SSSR count). The van der Waals surface area contributed by atoms with Crippen molar-refractivity contribution in [2.24, 2.45) is 0 Å². The van der Waals surface area contributed by atoms with Gasteiger partial charge >= 0.3 is 0 Å². The smallest absolute Gasteiger partial charge is 0.191 e. The molecule has 1 saturated carbocycles. The van der Waals surface area contributed by atoms with Crippen molar-refractivity contribution in [2.75, 3.05) is 0 Å². The molecule has 0 N–H and O–H groups in total. The Morgan fingerprint density at radius 2 is 2.09 bits per heavy atom. The summed E-state index contributed by atoms with van der Waals surface area (Å²) in [6, 6.07) is 10.2. The second-order valence-corrected chi connectivity index (χ2v) is 7.07. The Morgan fingerprint density at radius 1 is 1.26 bits per heavy atom. The highest BCUT2D eigenvalue weighted by atomic mass is 35.5. The topological polar surface area (TPSA) is 43.6 Å². The van der Waals surface area contributed by atoms with Gasteiger partial charge in [-0.2, -0.15) is 0 Å². The zero-order valence-electron chi connectivity index (χ0n) is 12.9. The molecule has 1 fully saturated rings. The highest BCUT2D eigenvalue weighted by Gasteiger charge is 2.29. The lowest BCUT2D eigenvalue weighted by molar-refractivity contribution is 0.643. The molecule has 4 nitrogen and oxygen atoms in total. The van der Waals surface area contributed by atoms with Crippen LogP contribution in [0.3, 0.4) is 0 Å². The molecule has 0 spiro atoms. The maximum Gasteiger partial charge on any atom is 0.191 e. The fourth-order valence-corrected chi connectivity index (χ4v) is 3.95. The Kier molecular flexibility index (Phi) is 3.99. The first kappa shape index (κ1) is 15.0. The summed E-state index contributed by atoms with van der Waals surface area (Å²) in [5.74, 6) is 2.50. The molecule has 0 unspecified atom stereocenters. The first-order chi connectivity index (χ1) is 11.3. The van der Waals surface area contributed by atoms with Crippen LogP contribution in [0, 0.1) is 0 Å². The van der Waals surface area contributed by atoms with Gasteiger partial charge in [0.2, 0.25) is 0 Å². The molecule has 2 heterocycles. The van der Waals surface area contributed by atoms with E-state index >= 15 is 0 Å². The maximum absolute atomic E-state index is 6.30. The molecule has 2 aromatic heterocycles. The molecule has 1 aromatic carbocycles. The van der Waals surface area contributed by atoms with Gasteiger partial charge in [-0.25, -0.2) is 4.98 Å². The second kappa shape index (κ2) is 6.13. The molecule has 0 atom stereocenters. The van der Waals surface area contributed by atoms with Gasteiger partial charge in [0.15, 0.2) is 5.16 Å². The van der Waals surface area contributed by atoms with Crippen molar-refractivity contribution in [3.63, 3.8) is 0 Å². The third kappa shape index (κ3) is 2.95. The second-order valence-electron chi connectivity index (χ2n) is 5.77.